The standard InChI is InChI=1S/C13H12O4/c1-4-12(15)8(2)10-6-5-9(14)7-11(10)13(16)17-3/h4-7,14H,1-2H2,3H3. The van der Waals surface area contributed by atoms with Crippen molar-refractivity contribution in [1.29, 1.82) is 0 Å². The number of carbonyl (C=O) groups excluding carboxylic acids is 2. The molecule has 4 nitrogen and oxygen atoms in total. The fourth-order valence-electron chi connectivity index (χ4n) is 1.33. The lowest BCUT2D eigenvalue weighted by molar-refractivity contribution is -0.109. The van der Waals surface area contributed by atoms with Crippen LogP contribution in [0.1, 0.15) is 15.9 Å². The van der Waals surface area contributed by atoms with E-state index in [-0.39, 0.29) is 22.7 Å². The average Bonchev–Trinajstić information content (AvgIpc) is 2.35. The molecule has 0 fully saturated rings. The Labute approximate surface area is 98.8 Å². The number of methoxy groups -OCH3 is 1. The third kappa shape index (κ3) is 2.60. The molecule has 0 radical (unpaired) electrons. The number of ether oxygens (including phenoxy) is 1. The van der Waals surface area contributed by atoms with Crippen LogP contribution in [0.15, 0.2) is 37.4 Å². The van der Waals surface area contributed by atoms with Crippen LogP contribution in [0.5, 0.6) is 5.75 Å². The number of carbonyl (C=O) groups is 2. The number of aromatic hydroxyl groups is 1. The number of phenolic OH excluding ortho intramolecular Hbond substituents is 1. The zero-order valence-corrected chi connectivity index (χ0v) is 9.40. The first-order valence-corrected chi connectivity index (χ1v) is 4.78. The van der Waals surface area contributed by atoms with Gasteiger partial charge in [0.05, 0.1) is 12.7 Å². The molecule has 0 aliphatic rings. The zero-order valence-electron chi connectivity index (χ0n) is 9.40. The molecule has 0 unspecified atom stereocenters. The highest BCUT2D eigenvalue weighted by Crippen LogP contribution is 2.24. The molecule has 1 aromatic carbocycles. The number of benzene rings is 1. The van der Waals surface area contributed by atoms with Crippen molar-refractivity contribution in [1.82, 2.24) is 0 Å². The summed E-state index contributed by atoms with van der Waals surface area (Å²) in [6.07, 6.45) is 1.11. The average molecular weight is 232 g/mol. The maximum absolute atomic E-state index is 11.5. The summed E-state index contributed by atoms with van der Waals surface area (Å²) < 4.78 is 4.57. The fraction of sp³-hybridized carbons (Fsp3) is 0.0769. The molecule has 1 N–H and O–H groups in total. The van der Waals surface area contributed by atoms with Gasteiger partial charge in [-0.05, 0) is 29.8 Å². The van der Waals surface area contributed by atoms with Crippen LogP contribution in [0.4, 0.5) is 0 Å². The third-order valence-electron chi connectivity index (χ3n) is 2.22. The molecule has 0 heterocycles. The van der Waals surface area contributed by atoms with Crippen LogP contribution in [-0.2, 0) is 9.53 Å². The van der Waals surface area contributed by atoms with Crippen molar-refractivity contribution in [2.75, 3.05) is 7.11 Å². The van der Waals surface area contributed by atoms with E-state index in [0.717, 1.165) is 6.08 Å². The topological polar surface area (TPSA) is 63.6 Å². The number of rotatable bonds is 4. The maximum atomic E-state index is 11.5. The van der Waals surface area contributed by atoms with Crippen molar-refractivity contribution in [3.05, 3.63) is 48.6 Å². The summed E-state index contributed by atoms with van der Waals surface area (Å²) in [6, 6.07) is 4.03. The van der Waals surface area contributed by atoms with Gasteiger partial charge in [0, 0.05) is 5.57 Å². The van der Waals surface area contributed by atoms with Crippen LogP contribution in [-0.4, -0.2) is 24.0 Å². The lowest BCUT2D eigenvalue weighted by atomic mass is 9.97. The van der Waals surface area contributed by atoms with Gasteiger partial charge in [0.2, 0.25) is 0 Å². The smallest absolute Gasteiger partial charge is 0.338 e. The zero-order chi connectivity index (χ0) is 13.0. The molecule has 1 aromatic rings. The number of hydrogen-bond acceptors (Lipinski definition) is 4. The van der Waals surface area contributed by atoms with E-state index in [1.165, 1.54) is 25.3 Å². The minimum atomic E-state index is -0.645. The van der Waals surface area contributed by atoms with Crippen LogP contribution in [0.2, 0.25) is 0 Å². The van der Waals surface area contributed by atoms with Crippen molar-refractivity contribution in [2.45, 2.75) is 0 Å². The highest BCUT2D eigenvalue weighted by Gasteiger charge is 2.17. The van der Waals surface area contributed by atoms with Gasteiger partial charge < -0.3 is 9.84 Å². The van der Waals surface area contributed by atoms with Gasteiger partial charge in [0.15, 0.2) is 5.78 Å². The van der Waals surface area contributed by atoms with Gasteiger partial charge in [-0.25, -0.2) is 4.79 Å². The van der Waals surface area contributed by atoms with Crippen molar-refractivity contribution in [3.63, 3.8) is 0 Å². The molecule has 4 heteroatoms. The van der Waals surface area contributed by atoms with E-state index >= 15 is 0 Å². The van der Waals surface area contributed by atoms with E-state index in [9.17, 15) is 14.7 Å². The lowest BCUT2D eigenvalue weighted by Crippen LogP contribution is -2.07. The Balaban J connectivity index is 3.33. The summed E-state index contributed by atoms with van der Waals surface area (Å²) in [5, 5.41) is 9.32. The van der Waals surface area contributed by atoms with E-state index < -0.39 is 5.97 Å². The number of hydrogen-bond donors (Lipinski definition) is 1. The molecule has 0 atom stereocenters. The number of esters is 1. The Bertz CT molecular complexity index is 500. The Hall–Kier alpha value is -2.36. The van der Waals surface area contributed by atoms with Gasteiger partial charge in [-0.2, -0.15) is 0 Å². The van der Waals surface area contributed by atoms with Gasteiger partial charge in [-0.3, -0.25) is 4.79 Å². The molecule has 0 saturated carbocycles. The predicted octanol–water partition coefficient (Wildman–Crippen LogP) is 1.95. The van der Waals surface area contributed by atoms with Crippen LogP contribution >= 0.6 is 0 Å². The number of ketones is 1. The molecule has 17 heavy (non-hydrogen) atoms. The van der Waals surface area contributed by atoms with Crippen molar-refractivity contribution in [2.24, 2.45) is 0 Å². The van der Waals surface area contributed by atoms with E-state index in [1.54, 1.807) is 0 Å². The molecular formula is C13H12O4. The normalized spacial score (nSPS) is 9.47. The maximum Gasteiger partial charge on any atom is 0.338 e. The van der Waals surface area contributed by atoms with E-state index in [4.69, 9.17) is 0 Å². The fourth-order valence-corrected chi connectivity index (χ4v) is 1.33. The molecule has 88 valence electrons. The van der Waals surface area contributed by atoms with Crippen LogP contribution in [0, 0.1) is 0 Å². The molecule has 0 aliphatic carbocycles. The van der Waals surface area contributed by atoms with E-state index in [0.29, 0.717) is 5.56 Å². The minimum absolute atomic E-state index is 0.0898. The van der Waals surface area contributed by atoms with Gasteiger partial charge in [-0.1, -0.05) is 13.2 Å². The Kier molecular flexibility index (Phi) is 3.82. The second kappa shape index (κ2) is 5.12. The minimum Gasteiger partial charge on any atom is -0.508 e. The molecular weight excluding hydrogens is 220 g/mol. The van der Waals surface area contributed by atoms with Crippen LogP contribution in [0.25, 0.3) is 5.57 Å². The number of allylic oxidation sites excluding steroid dienone is 2. The highest BCUT2D eigenvalue weighted by molar-refractivity contribution is 6.26. The van der Waals surface area contributed by atoms with Gasteiger partial charge >= 0.3 is 5.97 Å². The Morgan fingerprint density at radius 2 is 2.00 bits per heavy atom. The summed E-state index contributed by atoms with van der Waals surface area (Å²) >= 11 is 0. The molecule has 0 aromatic heterocycles. The first kappa shape index (κ1) is 12.7. The van der Waals surface area contributed by atoms with Gasteiger partial charge in [0.1, 0.15) is 5.75 Å². The SMILES string of the molecule is C=CC(=O)C(=C)c1ccc(O)cc1C(=O)OC. The first-order chi connectivity index (χ1) is 8.01. The largest absolute Gasteiger partial charge is 0.508 e. The summed E-state index contributed by atoms with van der Waals surface area (Å²) in [5.41, 5.74) is 0.535. The second-order valence-corrected chi connectivity index (χ2v) is 3.27. The highest BCUT2D eigenvalue weighted by atomic mass is 16.5. The molecule has 1 rings (SSSR count). The van der Waals surface area contributed by atoms with E-state index in [1.807, 2.05) is 0 Å². The molecule has 0 amide bonds. The Morgan fingerprint density at radius 1 is 1.35 bits per heavy atom. The Morgan fingerprint density at radius 3 is 2.53 bits per heavy atom. The molecule has 0 aliphatic heterocycles. The van der Waals surface area contributed by atoms with Crippen molar-refractivity contribution < 1.29 is 19.4 Å². The summed E-state index contributed by atoms with van der Waals surface area (Å²) in [5.74, 6) is -1.12. The van der Waals surface area contributed by atoms with Crippen LogP contribution in [0.3, 0.4) is 0 Å². The molecule has 0 saturated heterocycles. The van der Waals surface area contributed by atoms with Gasteiger partial charge in [-0.15, -0.1) is 0 Å². The monoisotopic (exact) mass is 232 g/mol. The van der Waals surface area contributed by atoms with E-state index in [2.05, 4.69) is 17.9 Å². The third-order valence-corrected chi connectivity index (χ3v) is 2.22. The molecule has 0 spiro atoms. The first-order valence-electron chi connectivity index (χ1n) is 4.78. The molecule has 0 bridgehead atoms. The summed E-state index contributed by atoms with van der Waals surface area (Å²) in [7, 11) is 1.22. The van der Waals surface area contributed by atoms with Crippen molar-refractivity contribution in [3.8, 4) is 5.75 Å². The summed E-state index contributed by atoms with van der Waals surface area (Å²) in [6.45, 7) is 6.94. The second-order valence-electron chi connectivity index (χ2n) is 3.27. The van der Waals surface area contributed by atoms with Crippen LogP contribution < -0.4 is 0 Å². The van der Waals surface area contributed by atoms with Crippen molar-refractivity contribution >= 4 is 17.3 Å². The predicted molar refractivity (Wildman–Crippen MR) is 63.7 cm³/mol. The van der Waals surface area contributed by atoms with Gasteiger partial charge in [0.25, 0.3) is 0 Å². The lowest BCUT2D eigenvalue weighted by Gasteiger charge is -2.08. The summed E-state index contributed by atoms with van der Waals surface area (Å²) in [4.78, 5) is 22.9. The quantitative estimate of drug-likeness (QED) is 0.636. The number of phenols is 1.